The van der Waals surface area contributed by atoms with Crippen molar-refractivity contribution in [2.24, 2.45) is 5.92 Å². The molecule has 6 heteroatoms. The van der Waals surface area contributed by atoms with E-state index in [9.17, 15) is 13.2 Å². The fraction of sp³-hybridized carbons (Fsp3) is 0.409. The second-order valence-electron chi connectivity index (χ2n) is 8.25. The summed E-state index contributed by atoms with van der Waals surface area (Å²) in [5.74, 6) is 0.0949. The Labute approximate surface area is 166 Å². The molecule has 0 aromatic heterocycles. The Morgan fingerprint density at radius 3 is 2.50 bits per heavy atom. The van der Waals surface area contributed by atoms with Crippen LogP contribution in [0.15, 0.2) is 54.6 Å². The van der Waals surface area contributed by atoms with E-state index in [1.54, 1.807) is 0 Å². The van der Waals surface area contributed by atoms with Crippen molar-refractivity contribution in [3.8, 4) is 11.1 Å². The van der Waals surface area contributed by atoms with Gasteiger partial charge < -0.3 is 4.90 Å². The molecule has 2 aromatic carbocycles. The largest absolute Gasteiger partial charge is 0.341 e. The van der Waals surface area contributed by atoms with Gasteiger partial charge in [-0.15, -0.1) is 0 Å². The average molecular weight is 399 g/mol. The predicted molar refractivity (Wildman–Crippen MR) is 110 cm³/mol. The molecule has 28 heavy (non-hydrogen) atoms. The second-order valence-corrected chi connectivity index (χ2v) is 10.0. The van der Waals surface area contributed by atoms with Gasteiger partial charge in [0.05, 0.1) is 6.26 Å². The topological polar surface area (TPSA) is 66.5 Å². The van der Waals surface area contributed by atoms with Crippen molar-refractivity contribution in [1.82, 2.24) is 9.62 Å². The predicted octanol–water partition coefficient (Wildman–Crippen LogP) is 2.78. The van der Waals surface area contributed by atoms with E-state index in [2.05, 4.69) is 35.9 Å². The number of nitrogens with zero attached hydrogens (tertiary/aromatic N) is 1. The minimum absolute atomic E-state index is 0.0469. The van der Waals surface area contributed by atoms with Gasteiger partial charge in [-0.3, -0.25) is 4.79 Å². The number of hydrogen-bond donors (Lipinski definition) is 1. The molecule has 1 saturated heterocycles. The van der Waals surface area contributed by atoms with Crippen LogP contribution in [-0.4, -0.2) is 44.6 Å². The van der Waals surface area contributed by atoms with Gasteiger partial charge in [0, 0.05) is 30.5 Å². The molecule has 2 aromatic rings. The van der Waals surface area contributed by atoms with Crippen molar-refractivity contribution in [3.63, 3.8) is 0 Å². The molecule has 1 amide bonds. The molecule has 5 nitrogen and oxygen atoms in total. The molecular weight excluding hydrogens is 372 g/mol. The van der Waals surface area contributed by atoms with Crippen LogP contribution in [0.25, 0.3) is 11.1 Å². The number of carbonyl (C=O) groups excluding carboxylic acids is 1. The van der Waals surface area contributed by atoms with E-state index in [1.807, 2.05) is 35.2 Å². The summed E-state index contributed by atoms with van der Waals surface area (Å²) in [6, 6.07) is 18.4. The highest BCUT2D eigenvalue weighted by atomic mass is 32.2. The highest BCUT2D eigenvalue weighted by molar-refractivity contribution is 7.88. The fourth-order valence-corrected chi connectivity index (χ4v) is 5.25. The summed E-state index contributed by atoms with van der Waals surface area (Å²) in [5, 5.41) is 0. The Morgan fingerprint density at radius 2 is 1.79 bits per heavy atom. The molecule has 148 valence electrons. The van der Waals surface area contributed by atoms with Crippen LogP contribution >= 0.6 is 0 Å². The lowest BCUT2D eigenvalue weighted by Gasteiger charge is -2.21. The van der Waals surface area contributed by atoms with E-state index >= 15 is 0 Å². The quantitative estimate of drug-likeness (QED) is 0.842. The van der Waals surface area contributed by atoms with E-state index in [0.29, 0.717) is 19.5 Å². The molecule has 3 atom stereocenters. The Kier molecular flexibility index (Phi) is 4.79. The summed E-state index contributed by atoms with van der Waals surface area (Å²) in [5.41, 5.74) is 3.38. The van der Waals surface area contributed by atoms with Crippen LogP contribution in [0.4, 0.5) is 0 Å². The van der Waals surface area contributed by atoms with Gasteiger partial charge in [-0.1, -0.05) is 61.5 Å². The molecule has 0 spiro atoms. The third-order valence-corrected chi connectivity index (χ3v) is 6.80. The Hall–Kier alpha value is -2.18. The van der Waals surface area contributed by atoms with E-state index in [1.165, 1.54) is 11.1 Å². The molecule has 1 N–H and O–H groups in total. The van der Waals surface area contributed by atoms with Gasteiger partial charge in [-0.2, -0.15) is 0 Å². The first kappa shape index (κ1) is 19.2. The maximum absolute atomic E-state index is 13.1. The zero-order chi connectivity index (χ0) is 19.9. The highest BCUT2D eigenvalue weighted by Crippen LogP contribution is 2.57. The maximum atomic E-state index is 13.1. The maximum Gasteiger partial charge on any atom is 0.226 e. The number of carbonyl (C=O) groups is 1. The lowest BCUT2D eigenvalue weighted by Crippen LogP contribution is -2.38. The second kappa shape index (κ2) is 7.01. The number of sulfonamides is 1. The van der Waals surface area contributed by atoms with Crippen LogP contribution in [0.2, 0.25) is 0 Å². The zero-order valence-electron chi connectivity index (χ0n) is 16.3. The molecule has 0 radical (unpaired) electrons. The number of rotatable bonds is 5. The summed E-state index contributed by atoms with van der Waals surface area (Å²) < 4.78 is 25.5. The minimum atomic E-state index is -3.25. The van der Waals surface area contributed by atoms with Gasteiger partial charge in [0.15, 0.2) is 0 Å². The van der Waals surface area contributed by atoms with Gasteiger partial charge in [0.2, 0.25) is 15.9 Å². The number of hydrogen-bond acceptors (Lipinski definition) is 3. The molecule has 1 heterocycles. The van der Waals surface area contributed by atoms with Gasteiger partial charge in [-0.05, 0) is 29.5 Å². The van der Waals surface area contributed by atoms with Crippen LogP contribution in [0.1, 0.15) is 25.3 Å². The zero-order valence-corrected chi connectivity index (χ0v) is 17.1. The van der Waals surface area contributed by atoms with Crippen molar-refractivity contribution in [1.29, 1.82) is 0 Å². The summed E-state index contributed by atoms with van der Waals surface area (Å²) in [6.45, 7) is 3.23. The van der Waals surface area contributed by atoms with Crippen LogP contribution in [-0.2, 0) is 20.2 Å². The molecular formula is C22H26N2O3S. The molecule has 2 aliphatic rings. The molecule has 1 saturated carbocycles. The smallest absolute Gasteiger partial charge is 0.226 e. The van der Waals surface area contributed by atoms with Gasteiger partial charge >= 0.3 is 0 Å². The average Bonchev–Trinajstić information content (AvgIpc) is 3.15. The van der Waals surface area contributed by atoms with Crippen molar-refractivity contribution in [3.05, 3.63) is 60.2 Å². The summed E-state index contributed by atoms with van der Waals surface area (Å²) in [6.07, 6.45) is 2.66. The van der Waals surface area contributed by atoms with Crippen LogP contribution in [0.3, 0.4) is 0 Å². The monoisotopic (exact) mass is 398 g/mol. The van der Waals surface area contributed by atoms with Crippen molar-refractivity contribution >= 4 is 15.9 Å². The first-order valence-electron chi connectivity index (χ1n) is 9.69. The molecule has 0 bridgehead atoms. The molecule has 2 fully saturated rings. The van der Waals surface area contributed by atoms with Crippen molar-refractivity contribution in [2.45, 2.75) is 31.2 Å². The SMILES string of the molecule is CC1(c2ccccc2-c2ccccc2)CC1C(=O)N1CCC(NS(C)(=O)=O)C1. The summed E-state index contributed by atoms with van der Waals surface area (Å²) in [4.78, 5) is 14.9. The lowest BCUT2D eigenvalue weighted by molar-refractivity contribution is -0.132. The van der Waals surface area contributed by atoms with Gasteiger partial charge in [0.25, 0.3) is 0 Å². The number of nitrogens with one attached hydrogen (secondary N) is 1. The number of likely N-dealkylation sites (tertiary alicyclic amines) is 1. The van der Waals surface area contributed by atoms with Gasteiger partial charge in [-0.25, -0.2) is 13.1 Å². The number of benzene rings is 2. The lowest BCUT2D eigenvalue weighted by atomic mass is 9.87. The fourth-order valence-electron chi connectivity index (χ4n) is 4.45. The van der Waals surface area contributed by atoms with Crippen LogP contribution < -0.4 is 4.72 Å². The molecule has 3 unspecified atom stereocenters. The highest BCUT2D eigenvalue weighted by Gasteiger charge is 2.57. The van der Waals surface area contributed by atoms with E-state index in [-0.39, 0.29) is 23.3 Å². The van der Waals surface area contributed by atoms with Gasteiger partial charge in [0.1, 0.15) is 0 Å². The van der Waals surface area contributed by atoms with Crippen molar-refractivity contribution < 1.29 is 13.2 Å². The van der Waals surface area contributed by atoms with E-state index in [0.717, 1.165) is 18.2 Å². The van der Waals surface area contributed by atoms with E-state index in [4.69, 9.17) is 0 Å². The van der Waals surface area contributed by atoms with Crippen LogP contribution in [0.5, 0.6) is 0 Å². The third kappa shape index (κ3) is 3.71. The summed E-state index contributed by atoms with van der Waals surface area (Å²) >= 11 is 0. The third-order valence-electron chi connectivity index (χ3n) is 6.04. The Balaban J connectivity index is 1.52. The molecule has 1 aliphatic carbocycles. The van der Waals surface area contributed by atoms with Crippen LogP contribution in [0, 0.1) is 5.92 Å². The summed E-state index contributed by atoms with van der Waals surface area (Å²) in [7, 11) is -3.25. The number of amides is 1. The molecule has 4 rings (SSSR count). The van der Waals surface area contributed by atoms with E-state index < -0.39 is 10.0 Å². The molecule has 1 aliphatic heterocycles. The normalized spacial score (nSPS) is 27.0. The first-order chi connectivity index (χ1) is 13.3. The minimum Gasteiger partial charge on any atom is -0.341 e. The van der Waals surface area contributed by atoms with Crippen molar-refractivity contribution in [2.75, 3.05) is 19.3 Å². The Bertz CT molecular complexity index is 990. The standard InChI is InChI=1S/C22H26N2O3S/c1-22(19-11-7-6-10-18(19)16-8-4-3-5-9-16)14-20(22)21(25)24-13-12-17(15-24)23-28(2,26)27/h3-11,17,20,23H,12-15H2,1-2H3. The first-order valence-corrected chi connectivity index (χ1v) is 11.6. The Morgan fingerprint density at radius 1 is 1.11 bits per heavy atom.